The van der Waals surface area contributed by atoms with E-state index in [2.05, 4.69) is 5.10 Å². The van der Waals surface area contributed by atoms with E-state index in [1.807, 2.05) is 51.1 Å². The van der Waals surface area contributed by atoms with Gasteiger partial charge in [-0.3, -0.25) is 0 Å². The monoisotopic (exact) mass is 398 g/mol. The van der Waals surface area contributed by atoms with Gasteiger partial charge in [-0.05, 0) is 35.6 Å². The van der Waals surface area contributed by atoms with Gasteiger partial charge in [-0.25, -0.2) is 13.5 Å². The van der Waals surface area contributed by atoms with Crippen molar-refractivity contribution < 1.29 is 8.78 Å². The fraction of sp³-hybridized carbons (Fsp3) is 0.348. The number of hydrogen-bond acceptors (Lipinski definition) is 3. The Bertz CT molecular complexity index is 975. The zero-order valence-corrected chi connectivity index (χ0v) is 17.1. The molecule has 3 aromatic rings. The van der Waals surface area contributed by atoms with Crippen LogP contribution in [0.25, 0.3) is 5.69 Å². The van der Waals surface area contributed by atoms with Crippen molar-refractivity contribution >= 4 is 0 Å². The number of nitrogens with zero attached hydrogens (tertiary/aromatic N) is 2. The Morgan fingerprint density at radius 1 is 1.10 bits per heavy atom. The van der Waals surface area contributed by atoms with E-state index in [-0.39, 0.29) is 35.7 Å². The average Bonchev–Trinajstić information content (AvgIpc) is 3.07. The van der Waals surface area contributed by atoms with Gasteiger partial charge in [-0.2, -0.15) is 5.10 Å². The maximum atomic E-state index is 15.0. The van der Waals surface area contributed by atoms with Crippen LogP contribution in [0.15, 0.2) is 48.7 Å². The van der Waals surface area contributed by atoms with Gasteiger partial charge in [0.05, 0.1) is 5.69 Å². The van der Waals surface area contributed by atoms with E-state index in [1.54, 1.807) is 6.20 Å². The van der Waals surface area contributed by atoms with Crippen molar-refractivity contribution in [1.29, 1.82) is 0 Å². The molecular formula is C23H28F2N4. The van der Waals surface area contributed by atoms with Crippen molar-refractivity contribution in [1.82, 2.24) is 9.78 Å². The standard InChI is InChI=1S/C23H28F2N4/c1-23(2,3)22(27)18-14-29(28-19(18)11-15-7-5-4-6-8-15)20-13-17(24)12-16(9-10-26)21(20)25/h4-8,12-14,22H,9-11,26-27H2,1-3H3/t22-/m0/s1. The zero-order valence-electron chi connectivity index (χ0n) is 17.1. The molecule has 4 nitrogen and oxygen atoms in total. The van der Waals surface area contributed by atoms with Crippen LogP contribution in [0.5, 0.6) is 0 Å². The molecule has 3 rings (SSSR count). The fourth-order valence-corrected chi connectivity index (χ4v) is 3.33. The lowest BCUT2D eigenvalue weighted by atomic mass is 9.82. The lowest BCUT2D eigenvalue weighted by Gasteiger charge is -2.27. The molecule has 1 aromatic heterocycles. The third-order valence-electron chi connectivity index (χ3n) is 5.06. The van der Waals surface area contributed by atoms with Crippen molar-refractivity contribution in [3.05, 3.63) is 82.7 Å². The summed E-state index contributed by atoms with van der Waals surface area (Å²) >= 11 is 0. The van der Waals surface area contributed by atoms with Crippen molar-refractivity contribution in [3.8, 4) is 5.69 Å². The van der Waals surface area contributed by atoms with Gasteiger partial charge < -0.3 is 11.5 Å². The summed E-state index contributed by atoms with van der Waals surface area (Å²) in [7, 11) is 0. The maximum absolute atomic E-state index is 15.0. The zero-order chi connectivity index (χ0) is 21.2. The van der Waals surface area contributed by atoms with E-state index in [0.717, 1.165) is 22.9 Å². The van der Waals surface area contributed by atoms with Crippen LogP contribution in [-0.2, 0) is 12.8 Å². The molecule has 0 saturated carbocycles. The molecule has 0 spiro atoms. The topological polar surface area (TPSA) is 69.9 Å². The lowest BCUT2D eigenvalue weighted by Crippen LogP contribution is -2.26. The van der Waals surface area contributed by atoms with Crippen molar-refractivity contribution in [3.63, 3.8) is 0 Å². The van der Waals surface area contributed by atoms with Crippen LogP contribution in [-0.4, -0.2) is 16.3 Å². The number of nitrogens with two attached hydrogens (primary N) is 2. The molecule has 1 heterocycles. The van der Waals surface area contributed by atoms with Crippen LogP contribution < -0.4 is 11.5 Å². The molecular weight excluding hydrogens is 370 g/mol. The normalized spacial score (nSPS) is 12.9. The Labute approximate surface area is 170 Å². The SMILES string of the molecule is CC(C)(C)[C@@H](N)c1cn(-c2cc(F)cc(CCN)c2F)nc1Cc1ccccc1. The highest BCUT2D eigenvalue weighted by atomic mass is 19.1. The van der Waals surface area contributed by atoms with Crippen molar-refractivity contribution in [2.45, 2.75) is 39.7 Å². The second-order valence-corrected chi connectivity index (χ2v) is 8.42. The number of hydrogen-bond donors (Lipinski definition) is 2. The van der Waals surface area contributed by atoms with E-state index in [4.69, 9.17) is 11.5 Å². The molecule has 0 aliphatic heterocycles. The number of aromatic nitrogens is 2. The minimum atomic E-state index is -0.522. The van der Waals surface area contributed by atoms with E-state index >= 15 is 4.39 Å². The second kappa shape index (κ2) is 8.43. The van der Waals surface area contributed by atoms with E-state index in [9.17, 15) is 4.39 Å². The molecule has 0 bridgehead atoms. The third-order valence-corrected chi connectivity index (χ3v) is 5.06. The Morgan fingerprint density at radius 2 is 1.79 bits per heavy atom. The molecule has 0 amide bonds. The first kappa shape index (κ1) is 21.1. The van der Waals surface area contributed by atoms with E-state index in [0.29, 0.717) is 6.42 Å². The first-order valence-corrected chi connectivity index (χ1v) is 9.77. The summed E-state index contributed by atoms with van der Waals surface area (Å²) in [5.74, 6) is -1.03. The van der Waals surface area contributed by atoms with Crippen LogP contribution >= 0.6 is 0 Å². The summed E-state index contributed by atoms with van der Waals surface area (Å²) in [6.07, 6.45) is 2.53. The van der Waals surface area contributed by atoms with Crippen LogP contribution in [0.1, 0.15) is 49.2 Å². The van der Waals surface area contributed by atoms with Crippen LogP contribution in [0, 0.1) is 17.0 Å². The molecule has 6 heteroatoms. The molecule has 154 valence electrons. The predicted molar refractivity (Wildman–Crippen MR) is 112 cm³/mol. The molecule has 0 fully saturated rings. The average molecular weight is 399 g/mol. The molecule has 0 aliphatic rings. The molecule has 1 atom stereocenters. The van der Waals surface area contributed by atoms with Crippen LogP contribution in [0.4, 0.5) is 8.78 Å². The summed E-state index contributed by atoms with van der Waals surface area (Å²) < 4.78 is 30.6. The summed E-state index contributed by atoms with van der Waals surface area (Å²) in [5.41, 5.74) is 14.8. The molecule has 29 heavy (non-hydrogen) atoms. The molecule has 4 N–H and O–H groups in total. The summed E-state index contributed by atoms with van der Waals surface area (Å²) in [6, 6.07) is 11.9. The minimum Gasteiger partial charge on any atom is -0.330 e. The van der Waals surface area contributed by atoms with Gasteiger partial charge in [0.2, 0.25) is 0 Å². The Morgan fingerprint density at radius 3 is 2.41 bits per heavy atom. The summed E-state index contributed by atoms with van der Waals surface area (Å²) in [4.78, 5) is 0. The first-order chi connectivity index (χ1) is 13.7. The molecule has 2 aromatic carbocycles. The molecule has 0 saturated heterocycles. The van der Waals surface area contributed by atoms with Gasteiger partial charge in [0.1, 0.15) is 11.5 Å². The van der Waals surface area contributed by atoms with Gasteiger partial charge in [0.25, 0.3) is 0 Å². The molecule has 0 unspecified atom stereocenters. The van der Waals surface area contributed by atoms with Gasteiger partial charge in [-0.1, -0.05) is 51.1 Å². The van der Waals surface area contributed by atoms with Crippen molar-refractivity contribution in [2.24, 2.45) is 16.9 Å². The summed E-state index contributed by atoms with van der Waals surface area (Å²) in [6.45, 7) is 6.37. The second-order valence-electron chi connectivity index (χ2n) is 8.42. The Kier molecular flexibility index (Phi) is 6.15. The summed E-state index contributed by atoms with van der Waals surface area (Å²) in [5, 5.41) is 4.61. The largest absolute Gasteiger partial charge is 0.330 e. The lowest BCUT2D eigenvalue weighted by molar-refractivity contribution is 0.325. The predicted octanol–water partition coefficient (Wildman–Crippen LogP) is 4.29. The smallest absolute Gasteiger partial charge is 0.152 e. The van der Waals surface area contributed by atoms with Gasteiger partial charge >= 0.3 is 0 Å². The van der Waals surface area contributed by atoms with Gasteiger partial charge in [0, 0.05) is 30.3 Å². The Balaban J connectivity index is 2.12. The first-order valence-electron chi connectivity index (χ1n) is 9.77. The third kappa shape index (κ3) is 4.71. The highest BCUT2D eigenvalue weighted by Crippen LogP contribution is 2.34. The number of rotatable bonds is 6. The van der Waals surface area contributed by atoms with Crippen molar-refractivity contribution in [2.75, 3.05) is 6.54 Å². The maximum Gasteiger partial charge on any atom is 0.152 e. The molecule has 0 aliphatic carbocycles. The van der Waals surface area contributed by atoms with Gasteiger partial charge in [0.15, 0.2) is 5.82 Å². The van der Waals surface area contributed by atoms with E-state index in [1.165, 1.54) is 10.7 Å². The highest BCUT2D eigenvalue weighted by molar-refractivity contribution is 5.41. The van der Waals surface area contributed by atoms with Crippen LogP contribution in [0.2, 0.25) is 0 Å². The van der Waals surface area contributed by atoms with Crippen LogP contribution in [0.3, 0.4) is 0 Å². The highest BCUT2D eigenvalue weighted by Gasteiger charge is 2.27. The fourth-order valence-electron chi connectivity index (χ4n) is 3.33. The quantitative estimate of drug-likeness (QED) is 0.651. The molecule has 0 radical (unpaired) electrons. The Hall–Kier alpha value is -2.57. The van der Waals surface area contributed by atoms with E-state index < -0.39 is 11.6 Å². The van der Waals surface area contributed by atoms with Gasteiger partial charge in [-0.15, -0.1) is 0 Å². The number of halogens is 2. The number of benzene rings is 2. The minimum absolute atomic E-state index is 0.0649.